The Hall–Kier alpha value is -2.99. The Bertz CT molecular complexity index is 847. The maximum Gasteiger partial charge on any atom is 0.317 e. The standard InChI is InChI=1S/C20H22N4O2/c1-2-11-23(15-19(25)26)13-17-14-24(18-8-4-3-5-9-18)22-20(17)16-7-6-10-21-12-16/h3-10,12,14H,2,11,13,15H2,1H3,(H,25,26). The van der Waals surface area contributed by atoms with Gasteiger partial charge in [0.15, 0.2) is 0 Å². The average Bonchev–Trinajstić information content (AvgIpc) is 3.07. The molecule has 3 rings (SSSR count). The van der Waals surface area contributed by atoms with Crippen molar-refractivity contribution < 1.29 is 9.90 Å². The number of rotatable bonds is 8. The minimum absolute atomic E-state index is 0.0108. The van der Waals surface area contributed by atoms with Crippen molar-refractivity contribution in [1.29, 1.82) is 0 Å². The summed E-state index contributed by atoms with van der Waals surface area (Å²) in [6, 6.07) is 13.7. The molecule has 134 valence electrons. The van der Waals surface area contributed by atoms with E-state index in [2.05, 4.69) is 4.98 Å². The molecule has 0 unspecified atom stereocenters. The number of pyridine rings is 1. The zero-order valence-corrected chi connectivity index (χ0v) is 14.7. The van der Waals surface area contributed by atoms with Gasteiger partial charge in [0, 0.05) is 36.3 Å². The Labute approximate surface area is 152 Å². The van der Waals surface area contributed by atoms with E-state index in [4.69, 9.17) is 5.10 Å². The van der Waals surface area contributed by atoms with Gasteiger partial charge >= 0.3 is 5.97 Å². The van der Waals surface area contributed by atoms with E-state index in [0.29, 0.717) is 6.54 Å². The maximum atomic E-state index is 11.2. The largest absolute Gasteiger partial charge is 0.480 e. The second-order valence-electron chi connectivity index (χ2n) is 6.13. The highest BCUT2D eigenvalue weighted by Gasteiger charge is 2.17. The van der Waals surface area contributed by atoms with Gasteiger partial charge in [0.2, 0.25) is 0 Å². The molecule has 0 fully saturated rings. The lowest BCUT2D eigenvalue weighted by atomic mass is 10.1. The number of carbonyl (C=O) groups is 1. The molecule has 1 N–H and O–H groups in total. The summed E-state index contributed by atoms with van der Waals surface area (Å²) >= 11 is 0. The maximum absolute atomic E-state index is 11.2. The summed E-state index contributed by atoms with van der Waals surface area (Å²) in [7, 11) is 0. The average molecular weight is 350 g/mol. The second-order valence-corrected chi connectivity index (χ2v) is 6.13. The van der Waals surface area contributed by atoms with Crippen LogP contribution in [-0.4, -0.2) is 43.8 Å². The third-order valence-corrected chi connectivity index (χ3v) is 4.04. The highest BCUT2D eigenvalue weighted by Crippen LogP contribution is 2.24. The molecule has 2 heterocycles. The van der Waals surface area contributed by atoms with Crippen molar-refractivity contribution in [3.63, 3.8) is 0 Å². The van der Waals surface area contributed by atoms with Crippen LogP contribution in [0.1, 0.15) is 18.9 Å². The molecule has 1 aromatic carbocycles. The Morgan fingerprint density at radius 3 is 2.65 bits per heavy atom. The summed E-state index contributed by atoms with van der Waals surface area (Å²) in [5.74, 6) is -0.822. The molecule has 0 bridgehead atoms. The van der Waals surface area contributed by atoms with Crippen LogP contribution in [0.3, 0.4) is 0 Å². The fraction of sp³-hybridized carbons (Fsp3) is 0.250. The van der Waals surface area contributed by atoms with Crippen LogP contribution >= 0.6 is 0 Å². The van der Waals surface area contributed by atoms with Crippen molar-refractivity contribution in [3.05, 3.63) is 66.6 Å². The highest BCUT2D eigenvalue weighted by atomic mass is 16.4. The zero-order chi connectivity index (χ0) is 18.4. The van der Waals surface area contributed by atoms with E-state index in [1.165, 1.54) is 0 Å². The first-order valence-electron chi connectivity index (χ1n) is 8.66. The SMILES string of the molecule is CCCN(CC(=O)O)Cc1cn(-c2ccccc2)nc1-c1cccnc1. The van der Waals surface area contributed by atoms with Crippen LogP contribution in [0.5, 0.6) is 0 Å². The fourth-order valence-corrected chi connectivity index (χ4v) is 2.95. The fourth-order valence-electron chi connectivity index (χ4n) is 2.95. The number of aromatic nitrogens is 3. The van der Waals surface area contributed by atoms with Crippen molar-refractivity contribution in [2.45, 2.75) is 19.9 Å². The lowest BCUT2D eigenvalue weighted by Gasteiger charge is -2.19. The van der Waals surface area contributed by atoms with Crippen LogP contribution in [0.4, 0.5) is 0 Å². The van der Waals surface area contributed by atoms with Gasteiger partial charge in [-0.05, 0) is 37.2 Å². The first-order chi connectivity index (χ1) is 12.7. The molecule has 0 spiro atoms. The van der Waals surface area contributed by atoms with Gasteiger partial charge in [0.25, 0.3) is 0 Å². The Balaban J connectivity index is 1.99. The highest BCUT2D eigenvalue weighted by molar-refractivity contribution is 5.69. The molecule has 0 saturated carbocycles. The van der Waals surface area contributed by atoms with Crippen LogP contribution in [0, 0.1) is 0 Å². The number of para-hydroxylation sites is 1. The molecular weight excluding hydrogens is 328 g/mol. The number of carboxylic acid groups (broad SMARTS) is 1. The van der Waals surface area contributed by atoms with Crippen molar-refractivity contribution in [2.24, 2.45) is 0 Å². The van der Waals surface area contributed by atoms with Crippen molar-refractivity contribution in [1.82, 2.24) is 19.7 Å². The number of hydrogen-bond donors (Lipinski definition) is 1. The first kappa shape index (κ1) is 17.8. The van der Waals surface area contributed by atoms with Crippen molar-refractivity contribution >= 4 is 5.97 Å². The van der Waals surface area contributed by atoms with Gasteiger partial charge in [-0.15, -0.1) is 0 Å². The molecular formula is C20H22N4O2. The van der Waals surface area contributed by atoms with Crippen molar-refractivity contribution in [3.8, 4) is 16.9 Å². The second kappa shape index (κ2) is 8.40. The lowest BCUT2D eigenvalue weighted by molar-refractivity contribution is -0.138. The molecule has 3 aromatic rings. The monoisotopic (exact) mass is 350 g/mol. The van der Waals surface area contributed by atoms with E-state index >= 15 is 0 Å². The van der Waals surface area contributed by atoms with Gasteiger partial charge in [-0.25, -0.2) is 4.68 Å². The summed E-state index contributed by atoms with van der Waals surface area (Å²) in [5, 5.41) is 13.9. The van der Waals surface area contributed by atoms with E-state index in [0.717, 1.165) is 35.5 Å². The smallest absolute Gasteiger partial charge is 0.317 e. The summed E-state index contributed by atoms with van der Waals surface area (Å²) in [5.41, 5.74) is 3.69. The normalized spacial score (nSPS) is 11.0. The van der Waals surface area contributed by atoms with E-state index in [-0.39, 0.29) is 6.54 Å². The molecule has 0 aliphatic rings. The van der Waals surface area contributed by atoms with E-state index < -0.39 is 5.97 Å². The van der Waals surface area contributed by atoms with Crippen molar-refractivity contribution in [2.75, 3.05) is 13.1 Å². The Morgan fingerprint density at radius 1 is 1.19 bits per heavy atom. The van der Waals surface area contributed by atoms with Gasteiger partial charge in [0.1, 0.15) is 0 Å². The first-order valence-corrected chi connectivity index (χ1v) is 8.66. The Kier molecular flexibility index (Phi) is 5.76. The van der Waals surface area contributed by atoms with Gasteiger partial charge in [-0.3, -0.25) is 14.7 Å². The number of nitrogens with zero attached hydrogens (tertiary/aromatic N) is 4. The molecule has 0 aliphatic heterocycles. The number of aliphatic carboxylic acids is 1. The van der Waals surface area contributed by atoms with Crippen LogP contribution in [0.25, 0.3) is 16.9 Å². The molecule has 6 nitrogen and oxygen atoms in total. The van der Waals surface area contributed by atoms with Gasteiger partial charge in [-0.2, -0.15) is 5.10 Å². The molecule has 0 atom stereocenters. The third kappa shape index (κ3) is 4.34. The van der Waals surface area contributed by atoms with Crippen LogP contribution in [0.2, 0.25) is 0 Å². The van der Waals surface area contributed by atoms with E-state index in [1.807, 2.05) is 65.2 Å². The minimum atomic E-state index is -0.822. The molecule has 0 aliphatic carbocycles. The number of hydrogen-bond acceptors (Lipinski definition) is 4. The minimum Gasteiger partial charge on any atom is -0.480 e. The van der Waals surface area contributed by atoms with Crippen LogP contribution in [-0.2, 0) is 11.3 Å². The van der Waals surface area contributed by atoms with Crippen LogP contribution in [0.15, 0.2) is 61.1 Å². The molecule has 0 amide bonds. The summed E-state index contributed by atoms with van der Waals surface area (Å²) in [4.78, 5) is 17.3. The molecule has 0 saturated heterocycles. The van der Waals surface area contributed by atoms with Gasteiger partial charge < -0.3 is 5.11 Å². The third-order valence-electron chi connectivity index (χ3n) is 4.04. The Morgan fingerprint density at radius 2 is 2.00 bits per heavy atom. The lowest BCUT2D eigenvalue weighted by Crippen LogP contribution is -2.30. The van der Waals surface area contributed by atoms with Gasteiger partial charge in [-0.1, -0.05) is 25.1 Å². The summed E-state index contributed by atoms with van der Waals surface area (Å²) < 4.78 is 1.84. The van der Waals surface area contributed by atoms with Crippen LogP contribution < -0.4 is 0 Å². The molecule has 0 radical (unpaired) electrons. The number of benzene rings is 1. The topological polar surface area (TPSA) is 71.2 Å². The predicted octanol–water partition coefficient (Wildman–Crippen LogP) is 3.23. The molecule has 6 heteroatoms. The summed E-state index contributed by atoms with van der Waals surface area (Å²) in [6.45, 7) is 3.30. The molecule has 2 aromatic heterocycles. The molecule has 26 heavy (non-hydrogen) atoms. The predicted molar refractivity (Wildman–Crippen MR) is 100.0 cm³/mol. The number of carboxylic acids is 1. The van der Waals surface area contributed by atoms with E-state index in [9.17, 15) is 9.90 Å². The van der Waals surface area contributed by atoms with Gasteiger partial charge in [0.05, 0.1) is 17.9 Å². The van der Waals surface area contributed by atoms with E-state index in [1.54, 1.807) is 12.4 Å². The summed E-state index contributed by atoms with van der Waals surface area (Å²) in [6.07, 6.45) is 6.37. The zero-order valence-electron chi connectivity index (χ0n) is 14.7. The quantitative estimate of drug-likeness (QED) is 0.675.